The minimum atomic E-state index is 0.752. The van der Waals surface area contributed by atoms with Gasteiger partial charge in [0.2, 0.25) is 11.9 Å². The molecule has 2 aromatic heterocycles. The van der Waals surface area contributed by atoms with E-state index >= 15 is 0 Å². The van der Waals surface area contributed by atoms with Crippen LogP contribution in [-0.2, 0) is 0 Å². The molecule has 2 aliphatic rings. The SMILES string of the molecule is c1ccc(-n2cccc2-c2nc(N3CCCC3)nc(N3CCCC3)n2)cc1. The summed E-state index contributed by atoms with van der Waals surface area (Å²) in [7, 11) is 0. The van der Waals surface area contributed by atoms with E-state index in [4.69, 9.17) is 15.0 Å². The van der Waals surface area contributed by atoms with Gasteiger partial charge in [-0.05, 0) is 49.9 Å². The van der Waals surface area contributed by atoms with Crippen LogP contribution >= 0.6 is 0 Å². The van der Waals surface area contributed by atoms with Crippen molar-refractivity contribution < 1.29 is 0 Å². The summed E-state index contributed by atoms with van der Waals surface area (Å²) in [5.41, 5.74) is 2.12. The molecule has 6 heteroatoms. The van der Waals surface area contributed by atoms with Crippen LogP contribution in [0, 0.1) is 0 Å². The van der Waals surface area contributed by atoms with Crippen LogP contribution in [0.15, 0.2) is 48.7 Å². The molecule has 2 saturated heterocycles. The maximum atomic E-state index is 4.87. The van der Waals surface area contributed by atoms with E-state index in [1.54, 1.807) is 0 Å². The first kappa shape index (κ1) is 16.3. The number of para-hydroxylation sites is 1. The average molecular weight is 360 g/mol. The first-order valence-corrected chi connectivity index (χ1v) is 9.88. The van der Waals surface area contributed by atoms with E-state index < -0.39 is 0 Å². The van der Waals surface area contributed by atoms with E-state index in [-0.39, 0.29) is 0 Å². The van der Waals surface area contributed by atoms with Crippen molar-refractivity contribution in [3.8, 4) is 17.2 Å². The fourth-order valence-electron chi connectivity index (χ4n) is 3.96. The summed E-state index contributed by atoms with van der Waals surface area (Å²) in [4.78, 5) is 19.2. The Morgan fingerprint density at radius 2 is 1.22 bits per heavy atom. The molecular formula is C21H24N6. The fraction of sp³-hybridized carbons (Fsp3) is 0.381. The summed E-state index contributed by atoms with van der Waals surface area (Å²) >= 11 is 0. The number of anilines is 2. The summed E-state index contributed by atoms with van der Waals surface area (Å²) in [6, 6.07) is 14.5. The highest BCUT2D eigenvalue weighted by molar-refractivity contribution is 5.59. The van der Waals surface area contributed by atoms with Crippen LogP contribution in [0.1, 0.15) is 25.7 Å². The highest BCUT2D eigenvalue weighted by Crippen LogP contribution is 2.27. The number of aromatic nitrogens is 4. The quantitative estimate of drug-likeness (QED) is 0.712. The lowest BCUT2D eigenvalue weighted by Crippen LogP contribution is -2.25. The molecular weight excluding hydrogens is 336 g/mol. The molecule has 27 heavy (non-hydrogen) atoms. The predicted molar refractivity (Wildman–Crippen MR) is 107 cm³/mol. The van der Waals surface area contributed by atoms with E-state index in [2.05, 4.69) is 57.0 Å². The molecule has 0 saturated carbocycles. The summed E-state index contributed by atoms with van der Waals surface area (Å²) in [5.74, 6) is 2.39. The molecule has 0 bridgehead atoms. The minimum Gasteiger partial charge on any atom is -0.341 e. The van der Waals surface area contributed by atoms with Crippen LogP contribution in [0.25, 0.3) is 17.2 Å². The zero-order valence-corrected chi connectivity index (χ0v) is 15.5. The zero-order chi connectivity index (χ0) is 18.1. The average Bonchev–Trinajstić information content (AvgIpc) is 3.51. The zero-order valence-electron chi connectivity index (χ0n) is 15.5. The number of nitrogens with zero attached hydrogens (tertiary/aromatic N) is 6. The smallest absolute Gasteiger partial charge is 0.230 e. The van der Waals surface area contributed by atoms with Gasteiger partial charge in [0.25, 0.3) is 0 Å². The molecule has 0 atom stereocenters. The molecule has 0 N–H and O–H groups in total. The lowest BCUT2D eigenvalue weighted by molar-refractivity contribution is 0.837. The van der Waals surface area contributed by atoms with Crippen molar-refractivity contribution in [1.82, 2.24) is 19.5 Å². The third kappa shape index (κ3) is 3.16. The van der Waals surface area contributed by atoms with Gasteiger partial charge in [-0.25, -0.2) is 0 Å². The minimum absolute atomic E-state index is 0.752. The first-order chi connectivity index (χ1) is 13.4. The molecule has 2 aliphatic heterocycles. The standard InChI is InChI=1S/C21H24N6/c1-2-9-17(10-3-1)27-16-8-11-18(27)19-22-20(25-12-4-5-13-25)24-21(23-19)26-14-6-7-15-26/h1-3,8-11,16H,4-7,12-15H2. The Bertz CT molecular complexity index is 873. The van der Waals surface area contributed by atoms with E-state index in [1.165, 1.54) is 25.7 Å². The van der Waals surface area contributed by atoms with Crippen molar-refractivity contribution in [2.24, 2.45) is 0 Å². The molecule has 6 nitrogen and oxygen atoms in total. The van der Waals surface area contributed by atoms with Gasteiger partial charge in [0.15, 0.2) is 5.82 Å². The summed E-state index contributed by atoms with van der Waals surface area (Å²) in [6.07, 6.45) is 6.90. The van der Waals surface area contributed by atoms with Gasteiger partial charge in [-0.2, -0.15) is 15.0 Å². The van der Waals surface area contributed by atoms with Crippen LogP contribution in [0.2, 0.25) is 0 Å². The maximum Gasteiger partial charge on any atom is 0.230 e. The van der Waals surface area contributed by atoms with E-state index in [1.807, 2.05) is 6.07 Å². The Labute approximate surface area is 159 Å². The Hall–Kier alpha value is -2.89. The Balaban J connectivity index is 1.60. The van der Waals surface area contributed by atoms with Crippen molar-refractivity contribution in [1.29, 1.82) is 0 Å². The fourth-order valence-corrected chi connectivity index (χ4v) is 3.96. The van der Waals surface area contributed by atoms with Crippen LogP contribution in [0.5, 0.6) is 0 Å². The van der Waals surface area contributed by atoms with Crippen molar-refractivity contribution >= 4 is 11.9 Å². The molecule has 0 unspecified atom stereocenters. The third-order valence-corrected chi connectivity index (χ3v) is 5.40. The molecule has 2 fully saturated rings. The molecule has 138 valence electrons. The molecule has 0 radical (unpaired) electrons. The van der Waals surface area contributed by atoms with Crippen LogP contribution < -0.4 is 9.80 Å². The highest BCUT2D eigenvalue weighted by Gasteiger charge is 2.22. The first-order valence-electron chi connectivity index (χ1n) is 9.88. The van der Waals surface area contributed by atoms with Gasteiger partial charge in [0.1, 0.15) is 0 Å². The number of hydrogen-bond acceptors (Lipinski definition) is 5. The van der Waals surface area contributed by atoms with Crippen molar-refractivity contribution in [2.75, 3.05) is 36.0 Å². The predicted octanol–water partition coefficient (Wildman–Crippen LogP) is 3.53. The summed E-state index contributed by atoms with van der Waals surface area (Å²) in [5, 5.41) is 0. The van der Waals surface area contributed by atoms with Gasteiger partial charge in [0, 0.05) is 38.1 Å². The molecule has 0 aliphatic carbocycles. The van der Waals surface area contributed by atoms with Crippen molar-refractivity contribution in [2.45, 2.75) is 25.7 Å². The molecule has 0 amide bonds. The Morgan fingerprint density at radius 3 is 1.81 bits per heavy atom. The number of benzene rings is 1. The van der Waals surface area contributed by atoms with Gasteiger partial charge in [0.05, 0.1) is 5.69 Å². The lowest BCUT2D eigenvalue weighted by Gasteiger charge is -2.21. The van der Waals surface area contributed by atoms with Crippen molar-refractivity contribution in [3.05, 3.63) is 48.7 Å². The topological polar surface area (TPSA) is 50.1 Å². The maximum absolute atomic E-state index is 4.87. The monoisotopic (exact) mass is 360 g/mol. The molecule has 0 spiro atoms. The number of rotatable bonds is 4. The molecule has 1 aromatic carbocycles. The normalized spacial score (nSPS) is 17.0. The van der Waals surface area contributed by atoms with Crippen molar-refractivity contribution in [3.63, 3.8) is 0 Å². The second kappa shape index (κ2) is 7.02. The van der Waals surface area contributed by atoms with Crippen LogP contribution in [0.3, 0.4) is 0 Å². The second-order valence-electron chi connectivity index (χ2n) is 7.25. The molecule has 5 rings (SSSR count). The largest absolute Gasteiger partial charge is 0.341 e. The van der Waals surface area contributed by atoms with E-state index in [0.29, 0.717) is 0 Å². The van der Waals surface area contributed by atoms with Gasteiger partial charge in [-0.3, -0.25) is 0 Å². The molecule has 3 aromatic rings. The third-order valence-electron chi connectivity index (χ3n) is 5.40. The van der Waals surface area contributed by atoms with Gasteiger partial charge < -0.3 is 14.4 Å². The summed E-state index contributed by atoms with van der Waals surface area (Å²) < 4.78 is 2.15. The van der Waals surface area contributed by atoms with E-state index in [9.17, 15) is 0 Å². The van der Waals surface area contributed by atoms with Gasteiger partial charge in [-0.15, -0.1) is 0 Å². The van der Waals surface area contributed by atoms with Crippen LogP contribution in [0.4, 0.5) is 11.9 Å². The number of hydrogen-bond donors (Lipinski definition) is 0. The van der Waals surface area contributed by atoms with Gasteiger partial charge >= 0.3 is 0 Å². The molecule has 4 heterocycles. The Morgan fingerprint density at radius 1 is 0.630 bits per heavy atom. The second-order valence-corrected chi connectivity index (χ2v) is 7.25. The highest BCUT2D eigenvalue weighted by atomic mass is 15.3. The van der Waals surface area contributed by atoms with E-state index in [0.717, 1.165) is 55.3 Å². The van der Waals surface area contributed by atoms with Gasteiger partial charge in [-0.1, -0.05) is 18.2 Å². The Kier molecular flexibility index (Phi) is 4.24. The summed E-state index contributed by atoms with van der Waals surface area (Å²) in [6.45, 7) is 4.12. The van der Waals surface area contributed by atoms with Crippen LogP contribution in [-0.4, -0.2) is 45.7 Å². The lowest BCUT2D eigenvalue weighted by atomic mass is 10.3.